The SMILES string of the molecule is Fc1ccc(N2CCN(CCC3CCCNC3)CC2)cc1. The van der Waals surface area contributed by atoms with Crippen molar-refractivity contribution in [3.8, 4) is 0 Å². The Morgan fingerprint density at radius 2 is 1.86 bits per heavy atom. The Hall–Kier alpha value is -1.13. The fraction of sp³-hybridized carbons (Fsp3) is 0.647. The third-order valence-corrected chi connectivity index (χ3v) is 4.82. The van der Waals surface area contributed by atoms with Crippen LogP contribution < -0.4 is 10.2 Å². The minimum Gasteiger partial charge on any atom is -0.369 e. The van der Waals surface area contributed by atoms with E-state index in [0.29, 0.717) is 0 Å². The first kappa shape index (κ1) is 14.8. The summed E-state index contributed by atoms with van der Waals surface area (Å²) in [5.41, 5.74) is 1.15. The van der Waals surface area contributed by atoms with Gasteiger partial charge in [0.05, 0.1) is 0 Å². The van der Waals surface area contributed by atoms with Crippen molar-refractivity contribution < 1.29 is 4.39 Å². The molecule has 21 heavy (non-hydrogen) atoms. The molecule has 1 N–H and O–H groups in total. The minimum absolute atomic E-state index is 0.154. The van der Waals surface area contributed by atoms with E-state index in [1.165, 1.54) is 38.9 Å². The third kappa shape index (κ3) is 4.17. The van der Waals surface area contributed by atoms with E-state index in [2.05, 4.69) is 15.1 Å². The highest BCUT2D eigenvalue weighted by Crippen LogP contribution is 2.18. The number of rotatable bonds is 4. The zero-order valence-electron chi connectivity index (χ0n) is 12.7. The first-order valence-corrected chi connectivity index (χ1v) is 8.25. The molecule has 1 atom stereocenters. The number of nitrogens with zero attached hydrogens (tertiary/aromatic N) is 2. The molecular formula is C17H26FN3. The van der Waals surface area contributed by atoms with E-state index < -0.39 is 0 Å². The van der Waals surface area contributed by atoms with Crippen LogP contribution in [0.4, 0.5) is 10.1 Å². The molecule has 1 aromatic carbocycles. The van der Waals surface area contributed by atoms with Gasteiger partial charge in [-0.05, 0) is 69.1 Å². The molecule has 2 saturated heterocycles. The topological polar surface area (TPSA) is 18.5 Å². The molecule has 2 aliphatic heterocycles. The van der Waals surface area contributed by atoms with Gasteiger partial charge < -0.3 is 10.2 Å². The number of halogens is 1. The van der Waals surface area contributed by atoms with Crippen molar-refractivity contribution in [2.45, 2.75) is 19.3 Å². The molecule has 2 aliphatic rings. The predicted molar refractivity (Wildman–Crippen MR) is 85.3 cm³/mol. The summed E-state index contributed by atoms with van der Waals surface area (Å²) in [6.45, 7) is 7.98. The van der Waals surface area contributed by atoms with Gasteiger partial charge in [-0.3, -0.25) is 4.90 Å². The molecule has 1 unspecified atom stereocenters. The van der Waals surface area contributed by atoms with Crippen LogP contribution in [0.1, 0.15) is 19.3 Å². The van der Waals surface area contributed by atoms with Gasteiger partial charge in [0.25, 0.3) is 0 Å². The van der Waals surface area contributed by atoms with Gasteiger partial charge in [-0.2, -0.15) is 0 Å². The summed E-state index contributed by atoms with van der Waals surface area (Å²) in [6.07, 6.45) is 4.05. The Bertz CT molecular complexity index is 420. The lowest BCUT2D eigenvalue weighted by Crippen LogP contribution is -2.47. The van der Waals surface area contributed by atoms with Crippen molar-refractivity contribution >= 4 is 5.69 Å². The van der Waals surface area contributed by atoms with E-state index in [0.717, 1.165) is 37.8 Å². The number of piperidine rings is 1. The maximum Gasteiger partial charge on any atom is 0.123 e. The second-order valence-electron chi connectivity index (χ2n) is 6.31. The van der Waals surface area contributed by atoms with Crippen molar-refractivity contribution in [2.75, 3.05) is 50.7 Å². The van der Waals surface area contributed by atoms with Gasteiger partial charge in [0, 0.05) is 31.9 Å². The lowest BCUT2D eigenvalue weighted by atomic mass is 9.96. The molecule has 3 nitrogen and oxygen atoms in total. The van der Waals surface area contributed by atoms with E-state index in [1.54, 1.807) is 12.1 Å². The average molecular weight is 291 g/mol. The van der Waals surface area contributed by atoms with Crippen LogP contribution in [0.15, 0.2) is 24.3 Å². The van der Waals surface area contributed by atoms with Crippen LogP contribution in [-0.4, -0.2) is 50.7 Å². The molecular weight excluding hydrogens is 265 g/mol. The van der Waals surface area contributed by atoms with Gasteiger partial charge in [0.2, 0.25) is 0 Å². The normalized spacial score (nSPS) is 24.2. The molecule has 0 amide bonds. The molecule has 2 heterocycles. The van der Waals surface area contributed by atoms with Crippen LogP contribution in [0.3, 0.4) is 0 Å². The summed E-state index contributed by atoms with van der Waals surface area (Å²) in [6, 6.07) is 6.88. The summed E-state index contributed by atoms with van der Waals surface area (Å²) in [4.78, 5) is 4.94. The second kappa shape index (κ2) is 7.23. The minimum atomic E-state index is -0.154. The maximum absolute atomic E-state index is 13.0. The molecule has 0 radical (unpaired) electrons. The number of anilines is 1. The fourth-order valence-corrected chi connectivity index (χ4v) is 3.42. The molecule has 2 fully saturated rings. The highest BCUT2D eigenvalue weighted by molar-refractivity contribution is 5.46. The van der Waals surface area contributed by atoms with Gasteiger partial charge >= 0.3 is 0 Å². The van der Waals surface area contributed by atoms with Crippen LogP contribution in [0.5, 0.6) is 0 Å². The van der Waals surface area contributed by atoms with Crippen molar-refractivity contribution in [3.05, 3.63) is 30.1 Å². The second-order valence-corrected chi connectivity index (χ2v) is 6.31. The lowest BCUT2D eigenvalue weighted by Gasteiger charge is -2.37. The summed E-state index contributed by atoms with van der Waals surface area (Å²) in [5.74, 6) is 0.715. The number of piperazine rings is 1. The Morgan fingerprint density at radius 1 is 1.10 bits per heavy atom. The summed E-state index contributed by atoms with van der Waals surface area (Å²) >= 11 is 0. The van der Waals surface area contributed by atoms with E-state index in [4.69, 9.17) is 0 Å². The first-order valence-electron chi connectivity index (χ1n) is 8.25. The van der Waals surface area contributed by atoms with Gasteiger partial charge in [0.15, 0.2) is 0 Å². The van der Waals surface area contributed by atoms with Crippen LogP contribution in [-0.2, 0) is 0 Å². The number of hydrogen-bond donors (Lipinski definition) is 1. The maximum atomic E-state index is 13.0. The molecule has 0 aromatic heterocycles. The van der Waals surface area contributed by atoms with Gasteiger partial charge in [-0.25, -0.2) is 4.39 Å². The van der Waals surface area contributed by atoms with E-state index in [-0.39, 0.29) is 5.82 Å². The largest absolute Gasteiger partial charge is 0.369 e. The molecule has 1 aromatic rings. The third-order valence-electron chi connectivity index (χ3n) is 4.82. The number of hydrogen-bond acceptors (Lipinski definition) is 3. The van der Waals surface area contributed by atoms with E-state index in [1.807, 2.05) is 12.1 Å². The molecule has 0 bridgehead atoms. The van der Waals surface area contributed by atoms with E-state index >= 15 is 0 Å². The van der Waals surface area contributed by atoms with Gasteiger partial charge in [0.1, 0.15) is 5.82 Å². The molecule has 0 aliphatic carbocycles. The molecule has 3 rings (SSSR count). The summed E-state index contributed by atoms with van der Waals surface area (Å²) < 4.78 is 13.0. The number of nitrogens with one attached hydrogen (secondary N) is 1. The standard InChI is InChI=1S/C17H26FN3/c18-16-3-5-17(6-4-16)21-12-10-20(11-13-21)9-7-15-2-1-8-19-14-15/h3-6,15,19H,1-2,7-14H2. The zero-order chi connectivity index (χ0) is 14.5. The smallest absolute Gasteiger partial charge is 0.123 e. The summed E-state index contributed by atoms with van der Waals surface area (Å²) in [5, 5.41) is 3.50. The van der Waals surface area contributed by atoms with Gasteiger partial charge in [-0.15, -0.1) is 0 Å². The van der Waals surface area contributed by atoms with E-state index in [9.17, 15) is 4.39 Å². The molecule has 116 valence electrons. The highest BCUT2D eigenvalue weighted by Gasteiger charge is 2.19. The van der Waals surface area contributed by atoms with Crippen LogP contribution in [0.2, 0.25) is 0 Å². The molecule has 0 spiro atoms. The average Bonchev–Trinajstić information content (AvgIpc) is 2.55. The van der Waals surface area contributed by atoms with Gasteiger partial charge in [-0.1, -0.05) is 0 Å². The fourth-order valence-electron chi connectivity index (χ4n) is 3.42. The number of benzene rings is 1. The lowest BCUT2D eigenvalue weighted by molar-refractivity contribution is 0.226. The zero-order valence-corrected chi connectivity index (χ0v) is 12.7. The van der Waals surface area contributed by atoms with Crippen LogP contribution >= 0.6 is 0 Å². The van der Waals surface area contributed by atoms with Crippen molar-refractivity contribution in [2.24, 2.45) is 5.92 Å². The predicted octanol–water partition coefficient (Wildman–Crippen LogP) is 2.34. The monoisotopic (exact) mass is 291 g/mol. The van der Waals surface area contributed by atoms with Crippen molar-refractivity contribution in [1.29, 1.82) is 0 Å². The Labute approximate surface area is 127 Å². The van der Waals surface area contributed by atoms with Crippen LogP contribution in [0, 0.1) is 11.7 Å². The highest BCUT2D eigenvalue weighted by atomic mass is 19.1. The Kier molecular flexibility index (Phi) is 5.09. The molecule has 0 saturated carbocycles. The molecule has 4 heteroatoms. The first-order chi connectivity index (χ1) is 10.3. The summed E-state index contributed by atoms with van der Waals surface area (Å²) in [7, 11) is 0. The Morgan fingerprint density at radius 3 is 2.52 bits per heavy atom. The van der Waals surface area contributed by atoms with Crippen LogP contribution in [0.25, 0.3) is 0 Å². The van der Waals surface area contributed by atoms with Crippen molar-refractivity contribution in [3.63, 3.8) is 0 Å². The Balaban J connectivity index is 1.41. The van der Waals surface area contributed by atoms with Crippen molar-refractivity contribution in [1.82, 2.24) is 10.2 Å². The quantitative estimate of drug-likeness (QED) is 0.918.